The summed E-state index contributed by atoms with van der Waals surface area (Å²) in [4.78, 5) is 0. The second kappa shape index (κ2) is 6.84. The van der Waals surface area contributed by atoms with Crippen molar-refractivity contribution < 1.29 is 50.0 Å². The van der Waals surface area contributed by atoms with Crippen molar-refractivity contribution in [3.63, 3.8) is 0 Å². The predicted octanol–water partition coefficient (Wildman–Crippen LogP) is -4.12. The molecule has 23 heavy (non-hydrogen) atoms. The van der Waals surface area contributed by atoms with Crippen molar-refractivity contribution in [3.05, 3.63) is 0 Å². The van der Waals surface area contributed by atoms with Gasteiger partial charge in [-0.15, -0.1) is 0 Å². The molecule has 0 spiro atoms. The van der Waals surface area contributed by atoms with Crippen LogP contribution >= 0.6 is 0 Å². The van der Waals surface area contributed by atoms with Crippen LogP contribution in [0.5, 0.6) is 0 Å². The van der Waals surface area contributed by atoms with Crippen molar-refractivity contribution >= 4 is 0 Å². The van der Waals surface area contributed by atoms with Crippen molar-refractivity contribution in [2.75, 3.05) is 26.4 Å². The van der Waals surface area contributed by atoms with E-state index in [2.05, 4.69) is 0 Å². The van der Waals surface area contributed by atoms with Gasteiger partial charge < -0.3 is 50.0 Å². The Bertz CT molecular complexity index is 408. The highest BCUT2D eigenvalue weighted by Gasteiger charge is 2.54. The molecule has 136 valence electrons. The number of rotatable bonds is 5. The Labute approximate surface area is 132 Å². The fourth-order valence-electron chi connectivity index (χ4n) is 2.76. The van der Waals surface area contributed by atoms with Crippen molar-refractivity contribution in [2.24, 2.45) is 5.92 Å². The van der Waals surface area contributed by atoms with Gasteiger partial charge in [-0.3, -0.25) is 0 Å². The highest BCUT2D eigenvalue weighted by Crippen LogP contribution is 2.35. The molecule has 2 heterocycles. The van der Waals surface area contributed by atoms with Crippen molar-refractivity contribution in [3.8, 4) is 0 Å². The van der Waals surface area contributed by atoms with Crippen LogP contribution in [0.15, 0.2) is 0 Å². The number of ether oxygens (including phenoxy) is 3. The summed E-state index contributed by atoms with van der Waals surface area (Å²) in [6.07, 6.45) is -6.87. The van der Waals surface area contributed by atoms with E-state index >= 15 is 0 Å². The fourth-order valence-corrected chi connectivity index (χ4v) is 2.76. The topological polar surface area (TPSA) is 169 Å². The molecule has 0 amide bonds. The summed E-state index contributed by atoms with van der Waals surface area (Å²) >= 11 is 0. The van der Waals surface area contributed by atoms with E-state index in [-0.39, 0.29) is 6.61 Å². The summed E-state index contributed by atoms with van der Waals surface area (Å²) in [7, 11) is 0. The molecule has 0 aromatic rings. The quantitative estimate of drug-likeness (QED) is 0.261. The molecule has 2 saturated heterocycles. The molecular weight excluding hydrogens is 316 g/mol. The van der Waals surface area contributed by atoms with Gasteiger partial charge in [-0.2, -0.15) is 0 Å². The Balaban J connectivity index is 2.04. The molecule has 10 heteroatoms. The van der Waals surface area contributed by atoms with Gasteiger partial charge in [0.05, 0.1) is 25.9 Å². The lowest BCUT2D eigenvalue weighted by molar-refractivity contribution is -0.356. The monoisotopic (exact) mass is 340 g/mol. The minimum Gasteiger partial charge on any atom is -0.391 e. The molecule has 10 nitrogen and oxygen atoms in total. The first-order chi connectivity index (χ1) is 10.7. The van der Waals surface area contributed by atoms with Gasteiger partial charge in [0.1, 0.15) is 31.0 Å². The summed E-state index contributed by atoms with van der Waals surface area (Å²) in [5.41, 5.74) is 0. The molecule has 2 rings (SSSR count). The molecule has 0 radical (unpaired) electrons. The van der Waals surface area contributed by atoms with Crippen LogP contribution in [0.25, 0.3) is 0 Å². The number of aliphatic hydroxyl groups excluding tert-OH is 6. The Morgan fingerprint density at radius 3 is 2.26 bits per heavy atom. The van der Waals surface area contributed by atoms with Gasteiger partial charge in [-0.1, -0.05) is 6.92 Å². The van der Waals surface area contributed by atoms with E-state index in [0.29, 0.717) is 0 Å². The maximum Gasteiger partial charge on any atom is 0.221 e. The summed E-state index contributed by atoms with van der Waals surface area (Å²) in [5.74, 6) is -4.72. The van der Waals surface area contributed by atoms with Crippen molar-refractivity contribution in [1.82, 2.24) is 0 Å². The van der Waals surface area contributed by atoms with Crippen LogP contribution in [-0.2, 0) is 14.2 Å². The third-order valence-corrected chi connectivity index (χ3v) is 4.57. The maximum absolute atomic E-state index is 10.0. The number of aliphatic hydroxyl groups is 7. The Kier molecular flexibility index (Phi) is 5.63. The molecule has 0 aromatic heterocycles. The fraction of sp³-hybridized carbons (Fsp3) is 1.00. The van der Waals surface area contributed by atoms with Crippen LogP contribution in [0, 0.1) is 5.92 Å². The Hall–Kier alpha value is -0.400. The molecule has 7 N–H and O–H groups in total. The molecule has 0 aliphatic carbocycles. The molecule has 0 bridgehead atoms. The first kappa shape index (κ1) is 18.9. The lowest BCUT2D eigenvalue weighted by Crippen LogP contribution is -2.64. The molecule has 8 atom stereocenters. The maximum atomic E-state index is 10.0. The standard InChI is InChI=1S/C13H24O10/c1-6-9(17)8(23-12(6,20)4-14)3-22-13(5-15)11(19)10(18)7(16)2-21-13/h6-11,14-20H,2-5H2,1H3/t6-,7-,8-,9+,10-,11-,12-,13+/m1/s1. The zero-order chi connectivity index (χ0) is 17.4. The smallest absolute Gasteiger partial charge is 0.221 e. The lowest BCUT2D eigenvalue weighted by Gasteiger charge is -2.44. The zero-order valence-electron chi connectivity index (χ0n) is 12.6. The summed E-state index contributed by atoms with van der Waals surface area (Å²) in [6, 6.07) is 0. The van der Waals surface area contributed by atoms with E-state index in [0.717, 1.165) is 0 Å². The first-order valence-corrected chi connectivity index (χ1v) is 7.33. The van der Waals surface area contributed by atoms with Gasteiger partial charge in [-0.25, -0.2) is 0 Å². The zero-order valence-corrected chi connectivity index (χ0v) is 12.6. The van der Waals surface area contributed by atoms with E-state index in [9.17, 15) is 30.6 Å². The first-order valence-electron chi connectivity index (χ1n) is 7.33. The molecule has 0 saturated carbocycles. The van der Waals surface area contributed by atoms with E-state index in [1.165, 1.54) is 6.92 Å². The second-order valence-electron chi connectivity index (χ2n) is 6.03. The van der Waals surface area contributed by atoms with Crippen LogP contribution in [-0.4, -0.2) is 104 Å². The summed E-state index contributed by atoms with van der Waals surface area (Å²) in [6.45, 7) is -0.829. The molecule has 2 aliphatic rings. The van der Waals surface area contributed by atoms with Crippen LogP contribution in [0.3, 0.4) is 0 Å². The summed E-state index contributed by atoms with van der Waals surface area (Å²) < 4.78 is 15.6. The van der Waals surface area contributed by atoms with Gasteiger partial charge in [0.2, 0.25) is 5.79 Å². The van der Waals surface area contributed by atoms with E-state index < -0.39 is 67.8 Å². The highest BCUT2D eigenvalue weighted by atomic mass is 16.7. The van der Waals surface area contributed by atoms with Gasteiger partial charge in [0.25, 0.3) is 0 Å². The second-order valence-corrected chi connectivity index (χ2v) is 6.03. The average Bonchev–Trinajstić information content (AvgIpc) is 2.77. The molecule has 0 unspecified atom stereocenters. The van der Waals surface area contributed by atoms with Crippen LogP contribution in [0.4, 0.5) is 0 Å². The Morgan fingerprint density at radius 2 is 1.74 bits per heavy atom. The minimum atomic E-state index is -2.00. The van der Waals surface area contributed by atoms with Crippen molar-refractivity contribution in [1.29, 1.82) is 0 Å². The highest BCUT2D eigenvalue weighted by molar-refractivity contribution is 4.95. The SMILES string of the molecule is C[C@@H]1[C@H](O)[C@@H](CO[C@]2(CO)OC[C@@H](O)[C@@H](O)[C@H]2O)O[C@]1(O)CO. The van der Waals surface area contributed by atoms with Crippen molar-refractivity contribution in [2.45, 2.75) is 49.0 Å². The molecular formula is C13H24O10. The average molecular weight is 340 g/mol. The molecule has 0 aromatic carbocycles. The van der Waals surface area contributed by atoms with Crippen LogP contribution in [0.1, 0.15) is 6.92 Å². The third kappa shape index (κ3) is 3.24. The Morgan fingerprint density at radius 1 is 1.09 bits per heavy atom. The van der Waals surface area contributed by atoms with E-state index in [4.69, 9.17) is 19.3 Å². The normalized spacial score (nSPS) is 51.1. The number of hydrogen-bond donors (Lipinski definition) is 7. The lowest BCUT2D eigenvalue weighted by atomic mass is 9.95. The van der Waals surface area contributed by atoms with Crippen LogP contribution < -0.4 is 0 Å². The number of hydrogen-bond acceptors (Lipinski definition) is 10. The van der Waals surface area contributed by atoms with Gasteiger partial charge in [0.15, 0.2) is 5.79 Å². The van der Waals surface area contributed by atoms with Gasteiger partial charge in [0, 0.05) is 5.92 Å². The van der Waals surface area contributed by atoms with E-state index in [1.807, 2.05) is 0 Å². The largest absolute Gasteiger partial charge is 0.391 e. The summed E-state index contributed by atoms with van der Waals surface area (Å²) in [5, 5.41) is 67.8. The van der Waals surface area contributed by atoms with Gasteiger partial charge >= 0.3 is 0 Å². The molecule has 2 aliphatic heterocycles. The molecule has 2 fully saturated rings. The predicted molar refractivity (Wildman–Crippen MR) is 71.8 cm³/mol. The van der Waals surface area contributed by atoms with Gasteiger partial charge in [-0.05, 0) is 0 Å². The van der Waals surface area contributed by atoms with E-state index in [1.54, 1.807) is 0 Å². The third-order valence-electron chi connectivity index (χ3n) is 4.57. The van der Waals surface area contributed by atoms with Crippen LogP contribution in [0.2, 0.25) is 0 Å². The minimum absolute atomic E-state index is 0.371.